The maximum Gasteiger partial charge on any atom is 0.335 e. The molecule has 0 fully saturated rings. The molecule has 2 aromatic rings. The quantitative estimate of drug-likeness (QED) is 0.882. The van der Waals surface area contributed by atoms with Gasteiger partial charge in [-0.1, -0.05) is 11.8 Å². The summed E-state index contributed by atoms with van der Waals surface area (Å²) in [7, 11) is 1.60. The van der Waals surface area contributed by atoms with Crippen molar-refractivity contribution in [3.8, 4) is 5.75 Å². The highest BCUT2D eigenvalue weighted by Crippen LogP contribution is 2.35. The number of methoxy groups -OCH3 is 1. The van der Waals surface area contributed by atoms with Crippen LogP contribution in [-0.2, 0) is 4.79 Å². The lowest BCUT2D eigenvalue weighted by Gasteiger charge is -2.11. The molecule has 2 rings (SSSR count). The predicted molar refractivity (Wildman–Crippen MR) is 84.8 cm³/mol. The number of rotatable bonds is 5. The molecule has 0 saturated heterocycles. The monoisotopic (exact) mass is 317 g/mol. The largest absolute Gasteiger partial charge is 0.497 e. The van der Waals surface area contributed by atoms with E-state index in [0.717, 1.165) is 15.5 Å². The van der Waals surface area contributed by atoms with Crippen LogP contribution in [0.2, 0.25) is 0 Å². The normalized spacial score (nSPS) is 10.1. The number of nitrogens with one attached hydrogen (secondary N) is 1. The van der Waals surface area contributed by atoms with Gasteiger partial charge in [0.15, 0.2) is 0 Å². The number of carbonyl (C=O) groups is 2. The minimum Gasteiger partial charge on any atom is -0.497 e. The van der Waals surface area contributed by atoms with Crippen LogP contribution < -0.4 is 10.1 Å². The summed E-state index contributed by atoms with van der Waals surface area (Å²) < 4.78 is 5.11. The van der Waals surface area contributed by atoms with Crippen LogP contribution in [0, 0.1) is 0 Å². The molecule has 2 N–H and O–H groups in total. The minimum atomic E-state index is -1.03. The molecular formula is C16H15NO4S. The van der Waals surface area contributed by atoms with E-state index in [-0.39, 0.29) is 11.5 Å². The number of carboxylic acids is 1. The standard InChI is InChI=1S/C16H15NO4S/c1-10(18)17-14-9-11(16(19)20)3-8-15(14)22-13-6-4-12(21-2)5-7-13/h3-9H,1-2H3,(H,17,18)(H,19,20). The number of aromatic carboxylic acids is 1. The number of ether oxygens (including phenoxy) is 1. The average Bonchev–Trinajstić information content (AvgIpc) is 2.49. The highest BCUT2D eigenvalue weighted by Gasteiger charge is 2.11. The number of carbonyl (C=O) groups excluding carboxylic acids is 1. The molecule has 5 nitrogen and oxygen atoms in total. The van der Waals surface area contributed by atoms with Crippen LogP contribution in [-0.4, -0.2) is 24.1 Å². The summed E-state index contributed by atoms with van der Waals surface area (Å²) >= 11 is 1.43. The van der Waals surface area contributed by atoms with Gasteiger partial charge in [0, 0.05) is 16.7 Å². The van der Waals surface area contributed by atoms with Crippen LogP contribution in [0.15, 0.2) is 52.3 Å². The molecular weight excluding hydrogens is 302 g/mol. The zero-order valence-electron chi connectivity index (χ0n) is 12.1. The Kier molecular flexibility index (Phi) is 5.06. The summed E-state index contributed by atoms with van der Waals surface area (Å²) in [6.07, 6.45) is 0. The first-order valence-electron chi connectivity index (χ1n) is 6.46. The Morgan fingerprint density at radius 3 is 2.36 bits per heavy atom. The third-order valence-electron chi connectivity index (χ3n) is 2.82. The first-order chi connectivity index (χ1) is 10.5. The third-order valence-corrected chi connectivity index (χ3v) is 3.91. The lowest BCUT2D eigenvalue weighted by atomic mass is 10.2. The zero-order valence-corrected chi connectivity index (χ0v) is 12.9. The van der Waals surface area contributed by atoms with Crippen LogP contribution in [0.3, 0.4) is 0 Å². The highest BCUT2D eigenvalue weighted by atomic mass is 32.2. The van der Waals surface area contributed by atoms with Crippen LogP contribution in [0.5, 0.6) is 5.75 Å². The molecule has 0 radical (unpaired) electrons. The molecule has 0 unspecified atom stereocenters. The molecule has 0 spiro atoms. The lowest BCUT2D eigenvalue weighted by Crippen LogP contribution is -2.08. The molecule has 1 amide bonds. The second kappa shape index (κ2) is 7.00. The molecule has 0 saturated carbocycles. The van der Waals surface area contributed by atoms with Crippen molar-refractivity contribution in [1.82, 2.24) is 0 Å². The van der Waals surface area contributed by atoms with Gasteiger partial charge in [-0.15, -0.1) is 0 Å². The van der Waals surface area contributed by atoms with E-state index in [0.29, 0.717) is 5.69 Å². The summed E-state index contributed by atoms with van der Waals surface area (Å²) in [5.74, 6) is -0.528. The van der Waals surface area contributed by atoms with E-state index in [1.807, 2.05) is 24.3 Å². The van der Waals surface area contributed by atoms with Crippen molar-refractivity contribution < 1.29 is 19.4 Å². The van der Waals surface area contributed by atoms with Crippen molar-refractivity contribution in [2.24, 2.45) is 0 Å². The maximum absolute atomic E-state index is 11.3. The molecule has 6 heteroatoms. The number of benzene rings is 2. The van der Waals surface area contributed by atoms with Gasteiger partial charge < -0.3 is 15.2 Å². The Balaban J connectivity index is 2.31. The van der Waals surface area contributed by atoms with Crippen molar-refractivity contribution in [1.29, 1.82) is 0 Å². The smallest absolute Gasteiger partial charge is 0.335 e. The Morgan fingerprint density at radius 2 is 1.82 bits per heavy atom. The molecule has 0 bridgehead atoms. The predicted octanol–water partition coefficient (Wildman–Crippen LogP) is 3.50. The van der Waals surface area contributed by atoms with E-state index < -0.39 is 5.97 Å². The van der Waals surface area contributed by atoms with Crippen molar-refractivity contribution in [2.45, 2.75) is 16.7 Å². The average molecular weight is 317 g/mol. The van der Waals surface area contributed by atoms with Gasteiger partial charge in [0.2, 0.25) is 5.91 Å². The van der Waals surface area contributed by atoms with E-state index in [9.17, 15) is 9.59 Å². The number of hydrogen-bond donors (Lipinski definition) is 2. The van der Waals surface area contributed by atoms with E-state index in [1.165, 1.54) is 30.8 Å². The van der Waals surface area contributed by atoms with Crippen LogP contribution in [0.1, 0.15) is 17.3 Å². The Hall–Kier alpha value is -2.47. The number of amides is 1. The summed E-state index contributed by atoms with van der Waals surface area (Å²) in [4.78, 5) is 24.1. The topological polar surface area (TPSA) is 75.6 Å². The number of hydrogen-bond acceptors (Lipinski definition) is 4. The molecule has 0 aliphatic carbocycles. The van der Waals surface area contributed by atoms with Crippen molar-refractivity contribution in [2.75, 3.05) is 12.4 Å². The maximum atomic E-state index is 11.3. The van der Waals surface area contributed by atoms with Crippen LogP contribution in [0.4, 0.5) is 5.69 Å². The summed E-state index contributed by atoms with van der Waals surface area (Å²) in [5.41, 5.74) is 0.607. The van der Waals surface area contributed by atoms with Crippen molar-refractivity contribution in [3.05, 3.63) is 48.0 Å². The fourth-order valence-corrected chi connectivity index (χ4v) is 2.69. The van der Waals surface area contributed by atoms with E-state index in [1.54, 1.807) is 13.2 Å². The fourth-order valence-electron chi connectivity index (χ4n) is 1.81. The summed E-state index contributed by atoms with van der Waals surface area (Å²) in [6, 6.07) is 12.1. The second-order valence-electron chi connectivity index (χ2n) is 4.47. The zero-order chi connectivity index (χ0) is 16.1. The van der Waals surface area contributed by atoms with Gasteiger partial charge in [0.05, 0.1) is 18.4 Å². The van der Waals surface area contributed by atoms with Gasteiger partial charge in [-0.25, -0.2) is 4.79 Å². The van der Waals surface area contributed by atoms with Gasteiger partial charge in [0.1, 0.15) is 5.75 Å². The Bertz CT molecular complexity index is 698. The van der Waals surface area contributed by atoms with Crippen molar-refractivity contribution in [3.63, 3.8) is 0 Å². The van der Waals surface area contributed by atoms with Gasteiger partial charge in [-0.05, 0) is 42.5 Å². The molecule has 114 valence electrons. The van der Waals surface area contributed by atoms with Crippen LogP contribution >= 0.6 is 11.8 Å². The van der Waals surface area contributed by atoms with Gasteiger partial charge in [-0.2, -0.15) is 0 Å². The molecule has 0 atom stereocenters. The highest BCUT2D eigenvalue weighted by molar-refractivity contribution is 7.99. The van der Waals surface area contributed by atoms with Crippen LogP contribution in [0.25, 0.3) is 0 Å². The van der Waals surface area contributed by atoms with E-state index in [4.69, 9.17) is 9.84 Å². The van der Waals surface area contributed by atoms with Crippen molar-refractivity contribution >= 4 is 29.3 Å². The first-order valence-corrected chi connectivity index (χ1v) is 7.28. The van der Waals surface area contributed by atoms with Gasteiger partial charge in [-0.3, -0.25) is 4.79 Å². The summed E-state index contributed by atoms with van der Waals surface area (Å²) in [5, 5.41) is 11.7. The van der Waals surface area contributed by atoms with Gasteiger partial charge in [0.25, 0.3) is 0 Å². The molecule has 0 aromatic heterocycles. The molecule has 0 heterocycles. The molecule has 0 aliphatic rings. The summed E-state index contributed by atoms with van der Waals surface area (Å²) in [6.45, 7) is 1.38. The first kappa shape index (κ1) is 15.9. The van der Waals surface area contributed by atoms with E-state index in [2.05, 4.69) is 5.32 Å². The third kappa shape index (κ3) is 4.02. The number of anilines is 1. The minimum absolute atomic E-state index is 0.128. The molecule has 2 aromatic carbocycles. The SMILES string of the molecule is COc1ccc(Sc2ccc(C(=O)O)cc2NC(C)=O)cc1. The molecule has 22 heavy (non-hydrogen) atoms. The number of carboxylic acid groups (broad SMARTS) is 1. The van der Waals surface area contributed by atoms with E-state index >= 15 is 0 Å². The fraction of sp³-hybridized carbons (Fsp3) is 0.125. The molecule has 0 aliphatic heterocycles. The van der Waals surface area contributed by atoms with Gasteiger partial charge >= 0.3 is 5.97 Å². The second-order valence-corrected chi connectivity index (χ2v) is 5.59. The lowest BCUT2D eigenvalue weighted by molar-refractivity contribution is -0.114. The Morgan fingerprint density at radius 1 is 1.14 bits per heavy atom. The Labute approximate surface area is 132 Å².